The Bertz CT molecular complexity index is 1020. The number of hydrogen-bond donors (Lipinski definition) is 3. The molecule has 3 rings (SSSR count). The number of amides is 2. The number of carboxylic acids is 1. The Hall–Kier alpha value is -3.39. The molecule has 0 fully saturated rings. The van der Waals surface area contributed by atoms with E-state index in [-0.39, 0.29) is 38.1 Å². The molecule has 2 amide bonds. The van der Waals surface area contributed by atoms with Crippen molar-refractivity contribution < 1.29 is 29.0 Å². The summed E-state index contributed by atoms with van der Waals surface area (Å²) in [6, 6.07) is 14.9. The lowest BCUT2D eigenvalue weighted by Gasteiger charge is -2.29. The van der Waals surface area contributed by atoms with Crippen LogP contribution in [0.2, 0.25) is 0 Å². The van der Waals surface area contributed by atoms with Crippen molar-refractivity contribution in [1.82, 2.24) is 10.6 Å². The van der Waals surface area contributed by atoms with Gasteiger partial charge in [0.05, 0.1) is 18.2 Å². The van der Waals surface area contributed by atoms with Gasteiger partial charge in [-0.1, -0.05) is 48.5 Å². The van der Waals surface area contributed by atoms with E-state index in [1.54, 1.807) is 13.8 Å². The molecule has 2 aromatic carbocycles. The number of alkyl carbamates (subject to hydrolysis) is 1. The van der Waals surface area contributed by atoms with Crippen molar-refractivity contribution in [2.45, 2.75) is 64.1 Å². The molecule has 0 heterocycles. The average molecular weight is 483 g/mol. The van der Waals surface area contributed by atoms with Crippen LogP contribution < -0.4 is 10.6 Å². The highest BCUT2D eigenvalue weighted by Crippen LogP contribution is 2.44. The third-order valence-electron chi connectivity index (χ3n) is 5.84. The second-order valence-electron chi connectivity index (χ2n) is 9.69. The summed E-state index contributed by atoms with van der Waals surface area (Å²) in [6.45, 7) is 7.76. The average Bonchev–Trinajstić information content (AvgIpc) is 3.12. The van der Waals surface area contributed by atoms with Crippen LogP contribution in [0.25, 0.3) is 11.1 Å². The minimum atomic E-state index is -1.06. The zero-order chi connectivity index (χ0) is 25.6. The molecule has 0 aromatic heterocycles. The molecule has 0 aliphatic heterocycles. The molecular weight excluding hydrogens is 448 g/mol. The number of carboxylic acid groups (broad SMARTS) is 1. The van der Waals surface area contributed by atoms with Gasteiger partial charge in [0, 0.05) is 12.3 Å². The van der Waals surface area contributed by atoms with E-state index in [9.17, 15) is 14.4 Å². The first kappa shape index (κ1) is 26.2. The monoisotopic (exact) mass is 482 g/mol. The lowest BCUT2D eigenvalue weighted by molar-refractivity contribution is -0.137. The second-order valence-corrected chi connectivity index (χ2v) is 9.69. The van der Waals surface area contributed by atoms with E-state index in [1.807, 2.05) is 62.4 Å². The zero-order valence-corrected chi connectivity index (χ0v) is 20.7. The Kier molecular flexibility index (Phi) is 8.51. The van der Waals surface area contributed by atoms with Gasteiger partial charge in [0.15, 0.2) is 0 Å². The van der Waals surface area contributed by atoms with Gasteiger partial charge in [0.2, 0.25) is 5.91 Å². The van der Waals surface area contributed by atoms with E-state index in [1.165, 1.54) is 0 Å². The highest BCUT2D eigenvalue weighted by molar-refractivity contribution is 5.86. The molecule has 1 unspecified atom stereocenters. The Balaban J connectivity index is 1.65. The van der Waals surface area contributed by atoms with E-state index < -0.39 is 29.6 Å². The first-order chi connectivity index (χ1) is 16.6. The topological polar surface area (TPSA) is 114 Å². The fraction of sp³-hybridized carbons (Fsp3) is 0.444. The lowest BCUT2D eigenvalue weighted by atomic mass is 9.98. The Labute approximate surface area is 206 Å². The van der Waals surface area contributed by atoms with Crippen LogP contribution >= 0.6 is 0 Å². The van der Waals surface area contributed by atoms with Crippen molar-refractivity contribution in [3.8, 4) is 11.1 Å². The maximum absolute atomic E-state index is 12.9. The summed E-state index contributed by atoms with van der Waals surface area (Å²) in [5, 5.41) is 14.5. The molecule has 8 heteroatoms. The van der Waals surface area contributed by atoms with E-state index >= 15 is 0 Å². The molecule has 0 saturated heterocycles. The van der Waals surface area contributed by atoms with Gasteiger partial charge in [0.1, 0.15) is 12.6 Å². The third kappa shape index (κ3) is 7.05. The summed E-state index contributed by atoms with van der Waals surface area (Å²) in [7, 11) is 0. The molecule has 0 bridgehead atoms. The van der Waals surface area contributed by atoms with Crippen molar-refractivity contribution in [3.63, 3.8) is 0 Å². The van der Waals surface area contributed by atoms with Crippen molar-refractivity contribution in [3.05, 3.63) is 59.7 Å². The smallest absolute Gasteiger partial charge is 0.407 e. The quantitative estimate of drug-likeness (QED) is 0.445. The minimum absolute atomic E-state index is 0.00654. The number of ether oxygens (including phenoxy) is 2. The van der Waals surface area contributed by atoms with Crippen molar-refractivity contribution in [2.24, 2.45) is 0 Å². The minimum Gasteiger partial charge on any atom is -0.481 e. The van der Waals surface area contributed by atoms with Crippen LogP contribution in [0.4, 0.5) is 4.79 Å². The maximum Gasteiger partial charge on any atom is 0.407 e. The molecular formula is C27H34N2O6. The third-order valence-corrected chi connectivity index (χ3v) is 5.84. The number of rotatable bonds is 11. The summed E-state index contributed by atoms with van der Waals surface area (Å²) >= 11 is 0. The first-order valence-electron chi connectivity index (χ1n) is 11.8. The number of hydrogen-bond acceptors (Lipinski definition) is 5. The molecule has 1 aliphatic carbocycles. The molecule has 1 atom stereocenters. The predicted octanol–water partition coefficient (Wildman–Crippen LogP) is 4.08. The summed E-state index contributed by atoms with van der Waals surface area (Å²) < 4.78 is 11.1. The van der Waals surface area contributed by atoms with Crippen LogP contribution in [-0.2, 0) is 19.1 Å². The fourth-order valence-corrected chi connectivity index (χ4v) is 4.15. The van der Waals surface area contributed by atoms with Crippen LogP contribution in [-0.4, -0.2) is 54.0 Å². The van der Waals surface area contributed by atoms with Crippen molar-refractivity contribution in [1.29, 1.82) is 0 Å². The summed E-state index contributed by atoms with van der Waals surface area (Å²) in [5.41, 5.74) is 3.68. The normalized spacial score (nSPS) is 13.6. The van der Waals surface area contributed by atoms with Gasteiger partial charge in [0.25, 0.3) is 0 Å². The first-order valence-corrected chi connectivity index (χ1v) is 11.8. The van der Waals surface area contributed by atoms with Gasteiger partial charge < -0.3 is 25.2 Å². The van der Waals surface area contributed by atoms with Crippen LogP contribution in [0, 0.1) is 0 Å². The molecule has 1 aliphatic rings. The summed E-state index contributed by atoms with van der Waals surface area (Å²) in [6.07, 6.45) is -1.11. The van der Waals surface area contributed by atoms with Crippen LogP contribution in [0.5, 0.6) is 0 Å². The number of aliphatic carboxylic acids is 1. The molecule has 8 nitrogen and oxygen atoms in total. The molecule has 0 spiro atoms. The Morgan fingerprint density at radius 1 is 1.00 bits per heavy atom. The predicted molar refractivity (Wildman–Crippen MR) is 132 cm³/mol. The molecule has 188 valence electrons. The highest BCUT2D eigenvalue weighted by Gasteiger charge is 2.31. The summed E-state index contributed by atoms with van der Waals surface area (Å²) in [4.78, 5) is 36.7. The van der Waals surface area contributed by atoms with Crippen LogP contribution in [0.3, 0.4) is 0 Å². The SMILES string of the molecule is CC(C)OCC(C)(C)NC(=O)C(CCC(=O)O)NC(=O)OCC1c2ccccc2-c2ccccc21. The van der Waals surface area contributed by atoms with Gasteiger partial charge in [-0.05, 0) is 56.4 Å². The number of nitrogens with one attached hydrogen (secondary N) is 2. The van der Waals surface area contributed by atoms with Crippen LogP contribution in [0.15, 0.2) is 48.5 Å². The second kappa shape index (κ2) is 11.4. The van der Waals surface area contributed by atoms with Gasteiger partial charge >= 0.3 is 12.1 Å². The van der Waals surface area contributed by atoms with Gasteiger partial charge in [-0.3, -0.25) is 9.59 Å². The molecule has 0 radical (unpaired) electrons. The number of carbonyl (C=O) groups is 3. The standard InChI is InChI=1S/C27H34N2O6/c1-17(2)35-16-27(3,4)29-25(32)23(13-14-24(30)31)28-26(33)34-15-22-20-11-7-5-9-18(20)19-10-6-8-12-21(19)22/h5-12,17,22-23H,13-16H2,1-4H3,(H,28,33)(H,29,32)(H,30,31). The van der Waals surface area contributed by atoms with Crippen molar-refractivity contribution >= 4 is 18.0 Å². The van der Waals surface area contributed by atoms with Gasteiger partial charge in [-0.25, -0.2) is 4.79 Å². The Morgan fingerprint density at radius 2 is 1.57 bits per heavy atom. The van der Waals surface area contributed by atoms with Gasteiger partial charge in [-0.2, -0.15) is 0 Å². The Morgan fingerprint density at radius 3 is 2.11 bits per heavy atom. The maximum atomic E-state index is 12.9. The molecule has 3 N–H and O–H groups in total. The summed E-state index contributed by atoms with van der Waals surface area (Å²) in [5.74, 6) is -1.66. The number of carbonyl (C=O) groups excluding carboxylic acids is 2. The largest absolute Gasteiger partial charge is 0.481 e. The van der Waals surface area contributed by atoms with Gasteiger partial charge in [-0.15, -0.1) is 0 Å². The van der Waals surface area contributed by atoms with E-state index in [0.29, 0.717) is 0 Å². The number of fused-ring (bicyclic) bond motifs is 3. The van der Waals surface area contributed by atoms with E-state index in [0.717, 1.165) is 22.3 Å². The van der Waals surface area contributed by atoms with Crippen molar-refractivity contribution in [2.75, 3.05) is 13.2 Å². The molecule has 0 saturated carbocycles. The van der Waals surface area contributed by atoms with E-state index in [4.69, 9.17) is 14.6 Å². The van der Waals surface area contributed by atoms with Crippen LogP contribution in [0.1, 0.15) is 57.6 Å². The highest BCUT2D eigenvalue weighted by atomic mass is 16.5. The molecule has 35 heavy (non-hydrogen) atoms. The van der Waals surface area contributed by atoms with E-state index in [2.05, 4.69) is 10.6 Å². The number of benzene rings is 2. The zero-order valence-electron chi connectivity index (χ0n) is 20.7. The fourth-order valence-electron chi connectivity index (χ4n) is 4.15. The molecule has 2 aromatic rings. The lowest BCUT2D eigenvalue weighted by Crippen LogP contribution is -2.55.